The van der Waals surface area contributed by atoms with Gasteiger partial charge in [0.2, 0.25) is 0 Å². The number of carbonyl (C=O) groups is 1. The van der Waals surface area contributed by atoms with Crippen LogP contribution in [0.1, 0.15) is 71.1 Å². The summed E-state index contributed by atoms with van der Waals surface area (Å²) < 4.78 is 28.6. The highest BCUT2D eigenvalue weighted by Crippen LogP contribution is 2.14. The number of carboxylic acid groups (broad SMARTS) is 1. The molecule has 0 bridgehead atoms. The molecular weight excluding hydrogens is 330 g/mol. The Balaban J connectivity index is 3.89. The van der Waals surface area contributed by atoms with E-state index >= 15 is 0 Å². The zero-order chi connectivity index (χ0) is 18.6. The minimum Gasteiger partial charge on any atom is -0.543 e. The number of hydrogen-bond acceptors (Lipinski definition) is 5. The van der Waals surface area contributed by atoms with E-state index in [2.05, 4.69) is 6.92 Å². The molecule has 0 radical (unpaired) electrons. The van der Waals surface area contributed by atoms with Gasteiger partial charge in [0.1, 0.15) is 5.97 Å². The first kappa shape index (κ1) is 23.3. The van der Waals surface area contributed by atoms with Crippen molar-refractivity contribution in [1.29, 1.82) is 0 Å². The third-order valence-electron chi connectivity index (χ3n) is 3.92. The van der Waals surface area contributed by atoms with Crippen LogP contribution >= 0.6 is 0 Å². The molecule has 0 aliphatic carbocycles. The van der Waals surface area contributed by atoms with Gasteiger partial charge in [0, 0.05) is 0 Å². The second-order valence-corrected chi connectivity index (χ2v) is 8.95. The lowest BCUT2D eigenvalue weighted by Crippen LogP contribution is -2.59. The fraction of sp³-hybridized carbons (Fsp3) is 0.941. The predicted molar refractivity (Wildman–Crippen MR) is 93.5 cm³/mol. The quantitative estimate of drug-likeness (QED) is 0.252. The number of carboxylic acids is 1. The molecular formula is C17H35NO5S. The van der Waals surface area contributed by atoms with Crippen molar-refractivity contribution in [3.63, 3.8) is 0 Å². The highest BCUT2D eigenvalue weighted by molar-refractivity contribution is 7.87. The van der Waals surface area contributed by atoms with Crippen molar-refractivity contribution in [2.45, 2.75) is 76.5 Å². The zero-order valence-electron chi connectivity index (χ0n) is 15.8. The minimum absolute atomic E-state index is 0.0304. The molecule has 0 aromatic carbocycles. The molecule has 7 heteroatoms. The Bertz CT molecular complexity index is 442. The maximum Gasteiger partial charge on any atom is 0.327 e. The van der Waals surface area contributed by atoms with Gasteiger partial charge in [0.15, 0.2) is 0 Å². The normalized spacial score (nSPS) is 13.8. The SMILES string of the molecule is CCCCCCCCCCCCOS(=O)(=O)C(C(=O)[O-])[N+](C)(C)C. The van der Waals surface area contributed by atoms with Crippen LogP contribution in [0.4, 0.5) is 0 Å². The summed E-state index contributed by atoms with van der Waals surface area (Å²) in [4.78, 5) is 11.1. The summed E-state index contributed by atoms with van der Waals surface area (Å²) >= 11 is 0. The molecule has 0 amide bonds. The van der Waals surface area contributed by atoms with Gasteiger partial charge in [0.25, 0.3) is 5.37 Å². The molecule has 0 saturated heterocycles. The Kier molecular flexibility index (Phi) is 11.5. The second kappa shape index (κ2) is 11.8. The van der Waals surface area contributed by atoms with Crippen molar-refractivity contribution in [3.8, 4) is 0 Å². The maximum absolute atomic E-state index is 12.0. The molecule has 1 atom stereocenters. The van der Waals surface area contributed by atoms with Crippen LogP contribution in [0.15, 0.2) is 0 Å². The number of quaternary nitrogens is 1. The summed E-state index contributed by atoms with van der Waals surface area (Å²) in [5.74, 6) is -1.63. The molecule has 0 saturated carbocycles. The smallest absolute Gasteiger partial charge is 0.327 e. The maximum atomic E-state index is 12.0. The zero-order valence-corrected chi connectivity index (χ0v) is 16.6. The van der Waals surface area contributed by atoms with Gasteiger partial charge in [-0.05, 0) is 6.42 Å². The van der Waals surface area contributed by atoms with Crippen molar-refractivity contribution in [2.24, 2.45) is 0 Å². The van der Waals surface area contributed by atoms with Crippen molar-refractivity contribution in [3.05, 3.63) is 0 Å². The molecule has 24 heavy (non-hydrogen) atoms. The van der Waals surface area contributed by atoms with Crippen LogP contribution in [-0.2, 0) is 19.1 Å². The molecule has 0 fully saturated rings. The van der Waals surface area contributed by atoms with Gasteiger partial charge >= 0.3 is 10.1 Å². The number of rotatable bonds is 15. The van der Waals surface area contributed by atoms with Crippen LogP contribution in [0.25, 0.3) is 0 Å². The summed E-state index contributed by atoms with van der Waals surface area (Å²) in [6, 6.07) is 0. The molecule has 0 aromatic rings. The van der Waals surface area contributed by atoms with Crippen molar-refractivity contribution in [2.75, 3.05) is 27.7 Å². The van der Waals surface area contributed by atoms with Gasteiger partial charge in [-0.3, -0.25) is 4.18 Å². The van der Waals surface area contributed by atoms with Crippen molar-refractivity contribution in [1.82, 2.24) is 0 Å². The minimum atomic E-state index is -4.18. The predicted octanol–water partition coefficient (Wildman–Crippen LogP) is 2.04. The Hall–Kier alpha value is -0.660. The van der Waals surface area contributed by atoms with Crippen LogP contribution in [0.5, 0.6) is 0 Å². The van der Waals surface area contributed by atoms with Crippen molar-refractivity contribution >= 4 is 16.1 Å². The third-order valence-corrected chi connectivity index (χ3v) is 5.79. The topological polar surface area (TPSA) is 83.5 Å². The first-order chi connectivity index (χ1) is 11.1. The summed E-state index contributed by atoms with van der Waals surface area (Å²) in [6.07, 6.45) is 11.4. The number of carbonyl (C=O) groups excluding carboxylic acids is 1. The van der Waals surface area contributed by atoms with E-state index < -0.39 is 21.5 Å². The van der Waals surface area contributed by atoms with Crippen LogP contribution in [0, 0.1) is 0 Å². The van der Waals surface area contributed by atoms with Crippen LogP contribution < -0.4 is 5.11 Å². The number of likely N-dealkylation sites (N-methyl/N-ethyl adjacent to an activating group) is 1. The second-order valence-electron chi connectivity index (χ2n) is 7.28. The van der Waals surface area contributed by atoms with Crippen LogP contribution in [-0.4, -0.2) is 52.0 Å². The number of unbranched alkanes of at least 4 members (excludes halogenated alkanes) is 9. The molecule has 0 aliphatic rings. The van der Waals surface area contributed by atoms with E-state index in [9.17, 15) is 18.3 Å². The van der Waals surface area contributed by atoms with Gasteiger partial charge in [-0.25, -0.2) is 0 Å². The lowest BCUT2D eigenvalue weighted by molar-refractivity contribution is -0.875. The fourth-order valence-electron chi connectivity index (χ4n) is 2.65. The van der Waals surface area contributed by atoms with E-state index in [0.717, 1.165) is 19.3 Å². The highest BCUT2D eigenvalue weighted by Gasteiger charge is 2.39. The lowest BCUT2D eigenvalue weighted by Gasteiger charge is -2.33. The van der Waals surface area contributed by atoms with Gasteiger partial charge < -0.3 is 14.4 Å². The fourth-order valence-corrected chi connectivity index (χ4v) is 4.14. The Morgan fingerprint density at radius 1 is 0.917 bits per heavy atom. The van der Waals surface area contributed by atoms with Gasteiger partial charge in [-0.15, -0.1) is 0 Å². The van der Waals surface area contributed by atoms with Crippen LogP contribution in [0.3, 0.4) is 0 Å². The molecule has 144 valence electrons. The first-order valence-electron chi connectivity index (χ1n) is 9.03. The summed E-state index contributed by atoms with van der Waals surface area (Å²) in [7, 11) is 0.285. The van der Waals surface area contributed by atoms with E-state index in [-0.39, 0.29) is 11.1 Å². The van der Waals surface area contributed by atoms with E-state index in [1.54, 1.807) is 0 Å². The monoisotopic (exact) mass is 365 g/mol. The van der Waals surface area contributed by atoms with E-state index in [4.69, 9.17) is 4.18 Å². The Morgan fingerprint density at radius 3 is 1.71 bits per heavy atom. The highest BCUT2D eigenvalue weighted by atomic mass is 32.2. The number of nitrogens with zero attached hydrogens (tertiary/aromatic N) is 1. The third kappa shape index (κ3) is 10.3. The molecule has 0 aromatic heterocycles. The molecule has 0 rings (SSSR count). The average molecular weight is 366 g/mol. The van der Waals surface area contributed by atoms with E-state index in [1.165, 1.54) is 59.7 Å². The van der Waals surface area contributed by atoms with Crippen molar-refractivity contribution < 1.29 is 27.0 Å². The molecule has 0 spiro atoms. The lowest BCUT2D eigenvalue weighted by atomic mass is 10.1. The number of hydrogen-bond donors (Lipinski definition) is 0. The Labute approximate surface area is 147 Å². The molecule has 0 heterocycles. The molecule has 6 nitrogen and oxygen atoms in total. The van der Waals surface area contributed by atoms with Gasteiger partial charge in [-0.2, -0.15) is 8.42 Å². The first-order valence-corrected chi connectivity index (χ1v) is 10.5. The largest absolute Gasteiger partial charge is 0.543 e. The summed E-state index contributed by atoms with van der Waals surface area (Å²) in [5.41, 5.74) is 0. The summed E-state index contributed by atoms with van der Waals surface area (Å²) in [6.45, 7) is 2.24. The van der Waals surface area contributed by atoms with E-state index in [0.29, 0.717) is 6.42 Å². The van der Waals surface area contributed by atoms with Crippen LogP contribution in [0.2, 0.25) is 0 Å². The standard InChI is InChI=1S/C17H35NO5S/c1-5-6-7-8-9-10-11-12-13-14-15-23-24(21,22)16(17(19)20)18(2,3)4/h16H,5-15H2,1-4H3. The van der Waals surface area contributed by atoms with Gasteiger partial charge in [-0.1, -0.05) is 64.7 Å². The molecule has 0 aliphatic heterocycles. The summed E-state index contributed by atoms with van der Waals surface area (Å²) in [5, 5.41) is 9.40. The van der Waals surface area contributed by atoms with E-state index in [1.807, 2.05) is 0 Å². The van der Waals surface area contributed by atoms with Gasteiger partial charge in [0.05, 0.1) is 27.7 Å². The molecule has 0 N–H and O–H groups in total. The molecule has 1 unspecified atom stereocenters. The average Bonchev–Trinajstić information content (AvgIpc) is 2.42. The number of aliphatic carboxylic acids is 1. The Morgan fingerprint density at radius 2 is 1.33 bits per heavy atom.